The minimum absolute atomic E-state index is 0.238. The van der Waals surface area contributed by atoms with E-state index in [0.29, 0.717) is 6.04 Å². The number of fused-ring (bicyclic) bond motifs is 1. The molecule has 0 aliphatic heterocycles. The standard InChI is InChI=1S/C23H27NO/c1-2-11-20(12-3-1)25-21-13-6-8-18(16-21)17-24-23-15-7-10-19-9-4-5-14-22(19)23/h2,4-6,8-9,11,13-14,16,20,23-24H,1,3,7,10,12,15,17H2/t20?,23-/m0/s1. The van der Waals surface area contributed by atoms with Crippen LogP contribution in [0, 0.1) is 0 Å². The van der Waals surface area contributed by atoms with E-state index in [1.54, 1.807) is 0 Å². The predicted molar refractivity (Wildman–Crippen MR) is 103 cm³/mol. The van der Waals surface area contributed by atoms with Gasteiger partial charge in [-0.1, -0.05) is 42.5 Å². The Morgan fingerprint density at radius 2 is 1.96 bits per heavy atom. The second-order valence-corrected chi connectivity index (χ2v) is 7.19. The summed E-state index contributed by atoms with van der Waals surface area (Å²) in [4.78, 5) is 0. The van der Waals surface area contributed by atoms with Crippen molar-refractivity contribution in [2.45, 2.75) is 57.2 Å². The van der Waals surface area contributed by atoms with E-state index in [2.05, 4.69) is 66.0 Å². The minimum Gasteiger partial charge on any atom is -0.486 e. The third-order valence-corrected chi connectivity index (χ3v) is 5.32. The summed E-state index contributed by atoms with van der Waals surface area (Å²) in [5, 5.41) is 3.76. The monoisotopic (exact) mass is 333 g/mol. The van der Waals surface area contributed by atoms with Gasteiger partial charge in [0.15, 0.2) is 0 Å². The van der Waals surface area contributed by atoms with Crippen LogP contribution in [0.3, 0.4) is 0 Å². The highest BCUT2D eigenvalue weighted by atomic mass is 16.5. The first-order valence-corrected chi connectivity index (χ1v) is 9.62. The maximum atomic E-state index is 6.13. The van der Waals surface area contributed by atoms with E-state index in [1.165, 1.54) is 48.8 Å². The molecule has 0 saturated carbocycles. The zero-order valence-electron chi connectivity index (χ0n) is 14.8. The van der Waals surface area contributed by atoms with Crippen molar-refractivity contribution >= 4 is 0 Å². The normalized spacial score (nSPS) is 22.4. The zero-order chi connectivity index (χ0) is 16.9. The van der Waals surface area contributed by atoms with Crippen LogP contribution in [0.1, 0.15) is 54.8 Å². The molecule has 0 fully saturated rings. The average molecular weight is 333 g/mol. The lowest BCUT2D eigenvalue weighted by Gasteiger charge is -2.26. The van der Waals surface area contributed by atoms with Crippen molar-refractivity contribution < 1.29 is 4.74 Å². The lowest BCUT2D eigenvalue weighted by atomic mass is 9.87. The molecule has 2 aromatic carbocycles. The van der Waals surface area contributed by atoms with E-state index in [4.69, 9.17) is 4.74 Å². The second kappa shape index (κ2) is 7.88. The summed E-state index contributed by atoms with van der Waals surface area (Å²) in [6.07, 6.45) is 11.9. The van der Waals surface area contributed by atoms with Crippen LogP contribution < -0.4 is 10.1 Å². The van der Waals surface area contributed by atoms with Gasteiger partial charge in [0.2, 0.25) is 0 Å². The number of benzene rings is 2. The Bertz CT molecular complexity index is 736. The smallest absolute Gasteiger partial charge is 0.120 e. The first-order chi connectivity index (χ1) is 12.4. The molecule has 2 aromatic rings. The van der Waals surface area contributed by atoms with Crippen LogP contribution in [-0.2, 0) is 13.0 Å². The number of nitrogens with one attached hydrogen (secondary N) is 1. The van der Waals surface area contributed by atoms with Crippen molar-refractivity contribution in [2.24, 2.45) is 0 Å². The highest BCUT2D eigenvalue weighted by Gasteiger charge is 2.19. The van der Waals surface area contributed by atoms with Gasteiger partial charge in [0.25, 0.3) is 0 Å². The minimum atomic E-state index is 0.238. The molecule has 1 N–H and O–H groups in total. The molecule has 2 nitrogen and oxygen atoms in total. The van der Waals surface area contributed by atoms with E-state index in [9.17, 15) is 0 Å². The Morgan fingerprint density at radius 3 is 2.88 bits per heavy atom. The fourth-order valence-corrected chi connectivity index (χ4v) is 3.99. The van der Waals surface area contributed by atoms with Crippen molar-refractivity contribution in [3.63, 3.8) is 0 Å². The van der Waals surface area contributed by atoms with Crippen molar-refractivity contribution in [2.75, 3.05) is 0 Å². The van der Waals surface area contributed by atoms with Gasteiger partial charge in [-0.25, -0.2) is 0 Å². The molecule has 0 aromatic heterocycles. The molecule has 0 saturated heterocycles. The molecule has 130 valence electrons. The van der Waals surface area contributed by atoms with Crippen molar-refractivity contribution in [1.29, 1.82) is 0 Å². The van der Waals surface area contributed by atoms with Crippen LogP contribution in [0.15, 0.2) is 60.7 Å². The third kappa shape index (κ3) is 4.13. The number of allylic oxidation sites excluding steroid dienone is 1. The van der Waals surface area contributed by atoms with Gasteiger partial charge in [-0.15, -0.1) is 0 Å². The summed E-state index contributed by atoms with van der Waals surface area (Å²) in [6, 6.07) is 17.9. The molecule has 2 atom stereocenters. The molecule has 4 rings (SSSR count). The first kappa shape index (κ1) is 16.4. The Balaban J connectivity index is 1.39. The Morgan fingerprint density at radius 1 is 1.00 bits per heavy atom. The maximum absolute atomic E-state index is 6.13. The van der Waals surface area contributed by atoms with Crippen molar-refractivity contribution in [3.8, 4) is 5.75 Å². The topological polar surface area (TPSA) is 21.3 Å². The summed E-state index contributed by atoms with van der Waals surface area (Å²) in [6.45, 7) is 0.886. The van der Waals surface area contributed by atoms with E-state index in [1.807, 2.05) is 0 Å². The van der Waals surface area contributed by atoms with Crippen LogP contribution in [0.4, 0.5) is 0 Å². The molecule has 0 heterocycles. The van der Waals surface area contributed by atoms with Crippen LogP contribution in [0.25, 0.3) is 0 Å². The van der Waals surface area contributed by atoms with Gasteiger partial charge < -0.3 is 10.1 Å². The van der Waals surface area contributed by atoms with E-state index in [-0.39, 0.29) is 6.10 Å². The number of rotatable bonds is 5. The van der Waals surface area contributed by atoms with Gasteiger partial charge in [-0.3, -0.25) is 0 Å². The van der Waals surface area contributed by atoms with Gasteiger partial charge in [0.05, 0.1) is 0 Å². The van der Waals surface area contributed by atoms with Gasteiger partial charge >= 0.3 is 0 Å². The Hall–Kier alpha value is -2.06. The molecule has 2 heteroatoms. The Labute approximate surface area is 150 Å². The maximum Gasteiger partial charge on any atom is 0.120 e. The van der Waals surface area contributed by atoms with Crippen LogP contribution in [0.2, 0.25) is 0 Å². The highest BCUT2D eigenvalue weighted by Crippen LogP contribution is 2.30. The summed E-state index contributed by atoms with van der Waals surface area (Å²) >= 11 is 0. The van der Waals surface area contributed by atoms with Crippen LogP contribution in [-0.4, -0.2) is 6.10 Å². The molecule has 2 aliphatic carbocycles. The molecule has 2 aliphatic rings. The second-order valence-electron chi connectivity index (χ2n) is 7.19. The molecular formula is C23H27NO. The fraction of sp³-hybridized carbons (Fsp3) is 0.391. The summed E-state index contributed by atoms with van der Waals surface area (Å²) in [5.41, 5.74) is 4.28. The molecule has 25 heavy (non-hydrogen) atoms. The van der Waals surface area contributed by atoms with Crippen molar-refractivity contribution in [1.82, 2.24) is 5.32 Å². The molecule has 0 amide bonds. The lowest BCUT2D eigenvalue weighted by Crippen LogP contribution is -2.24. The fourth-order valence-electron chi connectivity index (χ4n) is 3.99. The lowest BCUT2D eigenvalue weighted by molar-refractivity contribution is 0.229. The summed E-state index contributed by atoms with van der Waals surface area (Å²) in [7, 11) is 0. The van der Waals surface area contributed by atoms with Gasteiger partial charge in [0.1, 0.15) is 11.9 Å². The number of hydrogen-bond donors (Lipinski definition) is 1. The number of ether oxygens (including phenoxy) is 1. The molecule has 0 bridgehead atoms. The number of hydrogen-bond acceptors (Lipinski definition) is 2. The molecule has 0 spiro atoms. The first-order valence-electron chi connectivity index (χ1n) is 9.62. The molecule has 1 unspecified atom stereocenters. The highest BCUT2D eigenvalue weighted by molar-refractivity contribution is 5.33. The quantitative estimate of drug-likeness (QED) is 0.746. The molecular weight excluding hydrogens is 306 g/mol. The van der Waals surface area contributed by atoms with Crippen LogP contribution >= 0.6 is 0 Å². The SMILES string of the molecule is C1=CC(Oc2cccc(CN[C@H]3CCCc4ccccc43)c2)CCC1. The third-order valence-electron chi connectivity index (χ3n) is 5.32. The summed E-state index contributed by atoms with van der Waals surface area (Å²) < 4.78 is 6.13. The Kier molecular flexibility index (Phi) is 5.17. The van der Waals surface area contributed by atoms with Crippen LogP contribution in [0.5, 0.6) is 5.75 Å². The van der Waals surface area contributed by atoms with Gasteiger partial charge in [-0.2, -0.15) is 0 Å². The largest absolute Gasteiger partial charge is 0.486 e. The van der Waals surface area contributed by atoms with E-state index >= 15 is 0 Å². The summed E-state index contributed by atoms with van der Waals surface area (Å²) in [5.74, 6) is 0.986. The van der Waals surface area contributed by atoms with Crippen molar-refractivity contribution in [3.05, 3.63) is 77.4 Å². The number of aryl methyl sites for hydroxylation is 1. The molecule has 0 radical (unpaired) electrons. The zero-order valence-corrected chi connectivity index (χ0v) is 14.8. The average Bonchev–Trinajstić information content (AvgIpc) is 2.67. The van der Waals surface area contributed by atoms with Gasteiger partial charge in [0, 0.05) is 12.6 Å². The van der Waals surface area contributed by atoms with E-state index < -0.39 is 0 Å². The van der Waals surface area contributed by atoms with Gasteiger partial charge in [-0.05, 0) is 73.4 Å². The van der Waals surface area contributed by atoms with E-state index in [0.717, 1.165) is 18.7 Å². The predicted octanol–water partition coefficient (Wildman–Crippen LogP) is 5.34.